The van der Waals surface area contributed by atoms with Crippen LogP contribution in [0.15, 0.2) is 66.9 Å². The van der Waals surface area contributed by atoms with Crippen molar-refractivity contribution in [1.82, 2.24) is 19.8 Å². The van der Waals surface area contributed by atoms with Gasteiger partial charge in [-0.25, -0.2) is 4.39 Å². The number of pyridine rings is 1. The standard InChI is InChI=1S/C30H33FN4O2/c1-37-24-8-9-25-26(16-24)33-29-27(19-36)35(17-21-5-4-6-22(31)15-21)20-30(28(25)29)10-13-34(14-11-30)18-23-7-2-3-12-32-23/h2-9,12,15-16,27,33,36H,10-11,13-14,17-20H2,1H3/t27-/m0/s1. The molecule has 4 heterocycles. The normalized spacial score (nSPS) is 19.8. The largest absolute Gasteiger partial charge is 0.497 e. The number of H-pyrrole nitrogens is 1. The molecule has 0 amide bonds. The lowest BCUT2D eigenvalue weighted by Crippen LogP contribution is -2.53. The zero-order valence-electron chi connectivity index (χ0n) is 21.2. The van der Waals surface area contributed by atoms with Crippen molar-refractivity contribution in [3.05, 3.63) is 95.2 Å². The number of ether oxygens (including phenoxy) is 1. The second kappa shape index (κ2) is 9.89. The summed E-state index contributed by atoms with van der Waals surface area (Å²) in [5, 5.41) is 11.8. The van der Waals surface area contributed by atoms with Gasteiger partial charge in [0, 0.05) is 53.9 Å². The van der Waals surface area contributed by atoms with Gasteiger partial charge in [-0.2, -0.15) is 0 Å². The molecule has 2 aliphatic rings. The van der Waals surface area contributed by atoms with Crippen molar-refractivity contribution >= 4 is 10.9 Å². The molecule has 6 nitrogen and oxygen atoms in total. The van der Waals surface area contributed by atoms with E-state index in [1.807, 2.05) is 36.5 Å². The fourth-order valence-electron chi connectivity index (χ4n) is 6.42. The first kappa shape index (κ1) is 24.1. The molecule has 0 saturated carbocycles. The van der Waals surface area contributed by atoms with Crippen molar-refractivity contribution in [1.29, 1.82) is 0 Å². The molecule has 37 heavy (non-hydrogen) atoms. The molecule has 2 N–H and O–H groups in total. The predicted octanol–water partition coefficient (Wildman–Crippen LogP) is 4.79. The Labute approximate surface area is 216 Å². The number of hydrogen-bond donors (Lipinski definition) is 2. The third-order valence-corrected chi connectivity index (χ3v) is 8.22. The number of likely N-dealkylation sites (tertiary alicyclic amines) is 1. The number of piperidine rings is 1. The summed E-state index contributed by atoms with van der Waals surface area (Å²) in [4.78, 5) is 13.0. The van der Waals surface area contributed by atoms with Crippen LogP contribution in [0.4, 0.5) is 4.39 Å². The van der Waals surface area contributed by atoms with E-state index >= 15 is 0 Å². The van der Waals surface area contributed by atoms with E-state index in [0.29, 0.717) is 6.54 Å². The first-order valence-corrected chi connectivity index (χ1v) is 13.0. The summed E-state index contributed by atoms with van der Waals surface area (Å²) in [7, 11) is 1.68. The molecule has 0 bridgehead atoms. The molecule has 0 unspecified atom stereocenters. The van der Waals surface area contributed by atoms with Crippen molar-refractivity contribution in [3.63, 3.8) is 0 Å². The highest BCUT2D eigenvalue weighted by atomic mass is 19.1. The van der Waals surface area contributed by atoms with E-state index in [1.54, 1.807) is 19.2 Å². The number of nitrogens with zero attached hydrogens (tertiary/aromatic N) is 3. The van der Waals surface area contributed by atoms with Gasteiger partial charge < -0.3 is 14.8 Å². The molecule has 192 valence electrons. The monoisotopic (exact) mass is 500 g/mol. The third-order valence-electron chi connectivity index (χ3n) is 8.22. The minimum Gasteiger partial charge on any atom is -0.497 e. The van der Waals surface area contributed by atoms with Crippen LogP contribution in [-0.2, 0) is 18.5 Å². The molecule has 4 aromatic rings. The first-order valence-electron chi connectivity index (χ1n) is 13.0. The molecular weight excluding hydrogens is 467 g/mol. The maximum atomic E-state index is 14.0. The Balaban J connectivity index is 1.37. The van der Waals surface area contributed by atoms with Crippen LogP contribution in [0.2, 0.25) is 0 Å². The highest BCUT2D eigenvalue weighted by molar-refractivity contribution is 5.87. The predicted molar refractivity (Wildman–Crippen MR) is 142 cm³/mol. The number of aromatic nitrogens is 2. The second-order valence-corrected chi connectivity index (χ2v) is 10.4. The number of halogens is 1. The number of methoxy groups -OCH3 is 1. The molecule has 2 aliphatic heterocycles. The van der Waals surface area contributed by atoms with Gasteiger partial charge in [0.2, 0.25) is 0 Å². The van der Waals surface area contributed by atoms with Crippen LogP contribution < -0.4 is 4.74 Å². The molecule has 1 fully saturated rings. The molecule has 1 atom stereocenters. The Morgan fingerprint density at radius 2 is 1.95 bits per heavy atom. The lowest BCUT2D eigenvalue weighted by molar-refractivity contribution is 0.0417. The topological polar surface area (TPSA) is 64.6 Å². The van der Waals surface area contributed by atoms with E-state index in [-0.39, 0.29) is 23.9 Å². The number of fused-ring (bicyclic) bond motifs is 4. The van der Waals surface area contributed by atoms with Crippen LogP contribution in [0.25, 0.3) is 10.9 Å². The van der Waals surface area contributed by atoms with Crippen molar-refractivity contribution in [2.75, 3.05) is 33.4 Å². The Morgan fingerprint density at radius 1 is 1.08 bits per heavy atom. The summed E-state index contributed by atoms with van der Waals surface area (Å²) < 4.78 is 19.5. The van der Waals surface area contributed by atoms with Gasteiger partial charge in [-0.05, 0) is 73.5 Å². The lowest BCUT2D eigenvalue weighted by atomic mass is 9.68. The van der Waals surface area contributed by atoms with E-state index in [0.717, 1.165) is 67.2 Å². The molecular formula is C30H33FN4O2. The van der Waals surface area contributed by atoms with Gasteiger partial charge in [-0.3, -0.25) is 14.8 Å². The lowest BCUT2D eigenvalue weighted by Gasteiger charge is -2.50. The van der Waals surface area contributed by atoms with E-state index in [2.05, 4.69) is 31.9 Å². The highest BCUT2D eigenvalue weighted by Gasteiger charge is 2.47. The highest BCUT2D eigenvalue weighted by Crippen LogP contribution is 2.49. The SMILES string of the molecule is COc1ccc2c3c([nH]c2c1)[C@H](CO)N(Cc1cccc(F)c1)CC31CCN(Cc2ccccn2)CC1. The Morgan fingerprint density at radius 3 is 2.68 bits per heavy atom. The third kappa shape index (κ3) is 4.52. The van der Waals surface area contributed by atoms with Crippen molar-refractivity contribution in [3.8, 4) is 5.75 Å². The van der Waals surface area contributed by atoms with Gasteiger partial charge in [0.15, 0.2) is 0 Å². The second-order valence-electron chi connectivity index (χ2n) is 10.4. The van der Waals surface area contributed by atoms with E-state index in [9.17, 15) is 9.50 Å². The molecule has 7 heteroatoms. The van der Waals surface area contributed by atoms with E-state index < -0.39 is 0 Å². The summed E-state index contributed by atoms with van der Waals surface area (Å²) in [5.41, 5.74) is 5.38. The molecule has 2 aromatic heterocycles. The van der Waals surface area contributed by atoms with Crippen molar-refractivity contribution in [2.24, 2.45) is 0 Å². The van der Waals surface area contributed by atoms with E-state index in [1.165, 1.54) is 17.0 Å². The number of hydrogen-bond acceptors (Lipinski definition) is 5. The Kier molecular flexibility index (Phi) is 6.44. The smallest absolute Gasteiger partial charge is 0.123 e. The number of aliphatic hydroxyl groups is 1. The number of rotatable bonds is 6. The number of benzene rings is 2. The molecule has 1 saturated heterocycles. The summed E-state index contributed by atoms with van der Waals surface area (Å²) in [6.07, 6.45) is 3.86. The van der Waals surface area contributed by atoms with Crippen LogP contribution in [0, 0.1) is 5.82 Å². The summed E-state index contributed by atoms with van der Waals surface area (Å²) in [5.74, 6) is 0.577. The summed E-state index contributed by atoms with van der Waals surface area (Å²) in [6.45, 7) is 4.18. The number of nitrogens with one attached hydrogen (secondary N) is 1. The molecule has 0 radical (unpaired) electrons. The van der Waals surface area contributed by atoms with Gasteiger partial charge in [-0.1, -0.05) is 18.2 Å². The van der Waals surface area contributed by atoms with Crippen LogP contribution >= 0.6 is 0 Å². The number of aromatic amines is 1. The quantitative estimate of drug-likeness (QED) is 0.399. The van der Waals surface area contributed by atoms with Crippen molar-refractivity contribution in [2.45, 2.75) is 37.4 Å². The number of aliphatic hydroxyl groups excluding tert-OH is 1. The molecule has 1 spiro atoms. The Bertz CT molecular complexity index is 1380. The van der Waals surface area contributed by atoms with Gasteiger partial charge in [-0.15, -0.1) is 0 Å². The first-order chi connectivity index (χ1) is 18.1. The average Bonchev–Trinajstić information content (AvgIpc) is 3.30. The molecule has 6 rings (SSSR count). The van der Waals surface area contributed by atoms with Crippen LogP contribution in [0.5, 0.6) is 5.75 Å². The average molecular weight is 501 g/mol. The molecule has 2 aromatic carbocycles. The van der Waals surface area contributed by atoms with Gasteiger partial charge >= 0.3 is 0 Å². The minimum absolute atomic E-state index is 0.00580. The van der Waals surface area contributed by atoms with Crippen molar-refractivity contribution < 1.29 is 14.2 Å². The Hall–Kier alpha value is -3.26. The summed E-state index contributed by atoms with van der Waals surface area (Å²) >= 11 is 0. The van der Waals surface area contributed by atoms with Crippen LogP contribution in [0.3, 0.4) is 0 Å². The maximum absolute atomic E-state index is 14.0. The van der Waals surface area contributed by atoms with Gasteiger partial charge in [0.05, 0.1) is 25.5 Å². The van der Waals surface area contributed by atoms with Crippen LogP contribution in [0.1, 0.15) is 41.4 Å². The fraction of sp³-hybridized carbons (Fsp3) is 0.367. The zero-order valence-corrected chi connectivity index (χ0v) is 21.2. The van der Waals surface area contributed by atoms with E-state index in [4.69, 9.17) is 4.74 Å². The van der Waals surface area contributed by atoms with Crippen LogP contribution in [-0.4, -0.2) is 58.2 Å². The fourth-order valence-corrected chi connectivity index (χ4v) is 6.42. The molecule has 0 aliphatic carbocycles. The van der Waals surface area contributed by atoms with Gasteiger partial charge in [0.1, 0.15) is 11.6 Å². The summed E-state index contributed by atoms with van der Waals surface area (Å²) in [6, 6.07) is 18.9. The van der Waals surface area contributed by atoms with Gasteiger partial charge in [0.25, 0.3) is 0 Å². The maximum Gasteiger partial charge on any atom is 0.123 e. The minimum atomic E-state index is -0.231. The zero-order chi connectivity index (χ0) is 25.4.